The lowest BCUT2D eigenvalue weighted by atomic mass is 9.98. The molecule has 0 aliphatic carbocycles. The fourth-order valence-electron chi connectivity index (χ4n) is 2.59. The van der Waals surface area contributed by atoms with E-state index in [0.29, 0.717) is 17.8 Å². The van der Waals surface area contributed by atoms with Gasteiger partial charge in [-0.15, -0.1) is 0 Å². The van der Waals surface area contributed by atoms with Gasteiger partial charge in [-0.05, 0) is 24.1 Å². The first-order valence-corrected chi connectivity index (χ1v) is 7.66. The van der Waals surface area contributed by atoms with Crippen molar-refractivity contribution in [1.29, 1.82) is 0 Å². The van der Waals surface area contributed by atoms with Gasteiger partial charge in [0.2, 0.25) is 0 Å². The molecule has 0 fully saturated rings. The molecule has 0 aliphatic rings. The van der Waals surface area contributed by atoms with E-state index in [1.165, 1.54) is 0 Å². The van der Waals surface area contributed by atoms with E-state index >= 15 is 0 Å². The van der Waals surface area contributed by atoms with Gasteiger partial charge in [0.1, 0.15) is 5.71 Å². The van der Waals surface area contributed by atoms with E-state index in [-0.39, 0.29) is 0 Å². The van der Waals surface area contributed by atoms with Crippen LogP contribution in [0, 0.1) is 0 Å². The average Bonchev–Trinajstić information content (AvgIpc) is 2.64. The van der Waals surface area contributed by atoms with E-state index < -0.39 is 0 Å². The monoisotopic (exact) mass is 302 g/mol. The fraction of sp³-hybridized carbons (Fsp3) is 0.100. The van der Waals surface area contributed by atoms with E-state index in [2.05, 4.69) is 17.3 Å². The van der Waals surface area contributed by atoms with Crippen molar-refractivity contribution in [3.05, 3.63) is 78.5 Å². The molecule has 114 valence electrons. The first kappa shape index (κ1) is 15.0. The molecule has 0 spiro atoms. The van der Waals surface area contributed by atoms with E-state index in [4.69, 9.17) is 4.98 Å². The number of oxime groups is 1. The lowest BCUT2D eigenvalue weighted by molar-refractivity contribution is 0.318. The molecule has 0 unspecified atom stereocenters. The Morgan fingerprint density at radius 3 is 2.04 bits per heavy atom. The van der Waals surface area contributed by atoms with Gasteiger partial charge in [-0.3, -0.25) is 0 Å². The zero-order chi connectivity index (χ0) is 16.1. The average molecular weight is 302 g/mol. The normalized spacial score (nSPS) is 11.4. The van der Waals surface area contributed by atoms with Gasteiger partial charge in [-0.2, -0.15) is 0 Å². The third-order valence-electron chi connectivity index (χ3n) is 3.78. The van der Waals surface area contributed by atoms with Gasteiger partial charge in [0, 0.05) is 11.1 Å². The van der Waals surface area contributed by atoms with Crippen LogP contribution in [-0.4, -0.2) is 15.9 Å². The summed E-state index contributed by atoms with van der Waals surface area (Å²) >= 11 is 0. The highest BCUT2D eigenvalue weighted by molar-refractivity contribution is 5.99. The third kappa shape index (κ3) is 3.14. The fourth-order valence-corrected chi connectivity index (χ4v) is 2.59. The molecule has 0 atom stereocenters. The minimum Gasteiger partial charge on any atom is -0.411 e. The van der Waals surface area contributed by atoms with Gasteiger partial charge in [-0.1, -0.05) is 72.7 Å². The van der Waals surface area contributed by atoms with Crippen molar-refractivity contribution < 1.29 is 5.21 Å². The maximum Gasteiger partial charge on any atom is 0.105 e. The second-order valence-corrected chi connectivity index (χ2v) is 5.22. The van der Waals surface area contributed by atoms with Crippen LogP contribution in [-0.2, 0) is 0 Å². The Labute approximate surface area is 136 Å². The smallest absolute Gasteiger partial charge is 0.105 e. The second kappa shape index (κ2) is 6.88. The number of nitrogens with zero attached hydrogens (tertiary/aromatic N) is 2. The molecule has 3 nitrogen and oxygen atoms in total. The van der Waals surface area contributed by atoms with Crippen molar-refractivity contribution in [1.82, 2.24) is 4.98 Å². The number of hydrogen-bond acceptors (Lipinski definition) is 3. The zero-order valence-corrected chi connectivity index (χ0v) is 13.0. The van der Waals surface area contributed by atoms with Crippen LogP contribution in [0.4, 0.5) is 0 Å². The van der Waals surface area contributed by atoms with E-state index in [0.717, 1.165) is 22.4 Å². The van der Waals surface area contributed by atoms with Gasteiger partial charge in [0.25, 0.3) is 0 Å². The summed E-state index contributed by atoms with van der Waals surface area (Å²) in [7, 11) is 0. The minimum atomic E-state index is 0.585. The highest BCUT2D eigenvalue weighted by atomic mass is 16.4. The molecule has 0 saturated heterocycles. The van der Waals surface area contributed by atoms with Gasteiger partial charge in [-0.25, -0.2) is 4.98 Å². The molecule has 0 saturated carbocycles. The van der Waals surface area contributed by atoms with E-state index in [1.54, 1.807) is 0 Å². The van der Waals surface area contributed by atoms with Crippen molar-refractivity contribution >= 4 is 5.71 Å². The summed E-state index contributed by atoms with van der Waals surface area (Å²) in [4.78, 5) is 4.77. The molecule has 1 aromatic heterocycles. The van der Waals surface area contributed by atoms with E-state index in [9.17, 15) is 5.21 Å². The predicted molar refractivity (Wildman–Crippen MR) is 93.7 cm³/mol. The molecule has 0 amide bonds. The maximum atomic E-state index is 9.18. The number of hydrogen-bond donors (Lipinski definition) is 1. The lowest BCUT2D eigenvalue weighted by Crippen LogP contribution is -2.04. The van der Waals surface area contributed by atoms with Gasteiger partial charge < -0.3 is 5.21 Å². The Morgan fingerprint density at radius 2 is 1.48 bits per heavy atom. The SMILES string of the molecule is CC/C(=N\O)c1ccc(-c2ccccc2)c(-c2ccccc2)n1. The summed E-state index contributed by atoms with van der Waals surface area (Å²) in [6.07, 6.45) is 0.627. The molecule has 3 rings (SSSR count). The number of aromatic nitrogens is 1. The van der Waals surface area contributed by atoms with Crippen LogP contribution in [0.15, 0.2) is 78.0 Å². The molecule has 0 bridgehead atoms. The van der Waals surface area contributed by atoms with Crippen LogP contribution in [0.3, 0.4) is 0 Å². The first-order chi connectivity index (χ1) is 11.3. The summed E-state index contributed by atoms with van der Waals surface area (Å²) in [5.74, 6) is 0. The predicted octanol–water partition coefficient (Wildman–Crippen LogP) is 5.00. The van der Waals surface area contributed by atoms with Crippen LogP contribution < -0.4 is 0 Å². The van der Waals surface area contributed by atoms with Crippen molar-refractivity contribution in [3.8, 4) is 22.4 Å². The molecular weight excluding hydrogens is 284 g/mol. The molecule has 0 radical (unpaired) electrons. The Bertz CT molecular complexity index is 812. The Hall–Kier alpha value is -2.94. The van der Waals surface area contributed by atoms with Crippen LogP contribution >= 0.6 is 0 Å². The maximum absolute atomic E-state index is 9.18. The third-order valence-corrected chi connectivity index (χ3v) is 3.78. The number of pyridine rings is 1. The standard InChI is InChI=1S/C20H18N2O/c1-2-18(22-23)19-14-13-17(15-9-5-3-6-10-15)20(21-19)16-11-7-4-8-12-16/h3-14,23H,2H2,1H3/b22-18+. The molecule has 3 aromatic rings. The van der Waals surface area contributed by atoms with Crippen molar-refractivity contribution in [2.75, 3.05) is 0 Å². The van der Waals surface area contributed by atoms with Crippen molar-refractivity contribution in [3.63, 3.8) is 0 Å². The lowest BCUT2D eigenvalue weighted by Gasteiger charge is -2.12. The molecule has 0 aliphatic heterocycles. The quantitative estimate of drug-likeness (QED) is 0.418. The summed E-state index contributed by atoms with van der Waals surface area (Å²) < 4.78 is 0. The minimum absolute atomic E-state index is 0.585. The van der Waals surface area contributed by atoms with Gasteiger partial charge >= 0.3 is 0 Å². The summed E-state index contributed by atoms with van der Waals surface area (Å²) in [5, 5.41) is 12.5. The Kier molecular flexibility index (Phi) is 4.48. The van der Waals surface area contributed by atoms with Gasteiger partial charge in [0.05, 0.1) is 11.4 Å². The number of benzene rings is 2. The molecule has 1 heterocycles. The van der Waals surface area contributed by atoms with Crippen molar-refractivity contribution in [2.45, 2.75) is 13.3 Å². The number of rotatable bonds is 4. The summed E-state index contributed by atoms with van der Waals surface area (Å²) in [6, 6.07) is 24.2. The zero-order valence-electron chi connectivity index (χ0n) is 13.0. The highest BCUT2D eigenvalue weighted by Gasteiger charge is 2.12. The first-order valence-electron chi connectivity index (χ1n) is 7.66. The molecule has 1 N–H and O–H groups in total. The van der Waals surface area contributed by atoms with Crippen LogP contribution in [0.5, 0.6) is 0 Å². The van der Waals surface area contributed by atoms with E-state index in [1.807, 2.05) is 67.6 Å². The summed E-state index contributed by atoms with van der Waals surface area (Å²) in [5.41, 5.74) is 5.40. The molecular formula is C20H18N2O. The van der Waals surface area contributed by atoms with Crippen LogP contribution in [0.2, 0.25) is 0 Å². The van der Waals surface area contributed by atoms with Crippen LogP contribution in [0.25, 0.3) is 22.4 Å². The summed E-state index contributed by atoms with van der Waals surface area (Å²) in [6.45, 7) is 1.95. The Balaban J connectivity index is 2.21. The molecule has 23 heavy (non-hydrogen) atoms. The van der Waals surface area contributed by atoms with Crippen molar-refractivity contribution in [2.24, 2.45) is 5.16 Å². The van der Waals surface area contributed by atoms with Gasteiger partial charge in [0.15, 0.2) is 0 Å². The van der Waals surface area contributed by atoms with Crippen LogP contribution in [0.1, 0.15) is 19.0 Å². The Morgan fingerprint density at radius 1 is 0.870 bits per heavy atom. The second-order valence-electron chi connectivity index (χ2n) is 5.22. The topological polar surface area (TPSA) is 45.5 Å². The molecule has 2 aromatic carbocycles. The molecule has 3 heteroatoms. The highest BCUT2D eigenvalue weighted by Crippen LogP contribution is 2.30. The largest absolute Gasteiger partial charge is 0.411 e.